The lowest BCUT2D eigenvalue weighted by molar-refractivity contribution is 0.209. The van der Waals surface area contributed by atoms with Gasteiger partial charge in [-0.1, -0.05) is 111 Å². The number of fused-ring (bicyclic) bond motifs is 4. The van der Waals surface area contributed by atoms with Gasteiger partial charge in [0.25, 0.3) is 0 Å². The summed E-state index contributed by atoms with van der Waals surface area (Å²) < 4.78 is 25.0. The largest absolute Gasteiger partial charge is 0.490 e. The smallest absolute Gasteiger partial charge is 0.123 e. The first kappa shape index (κ1) is 48.0. The number of ether oxygens (including phenoxy) is 4. The van der Waals surface area contributed by atoms with Crippen molar-refractivity contribution < 1.29 is 18.9 Å². The van der Waals surface area contributed by atoms with Crippen molar-refractivity contribution >= 4 is 23.2 Å². The number of halogens is 2. The van der Waals surface area contributed by atoms with Crippen LogP contribution in [0.1, 0.15) is 86.5 Å². The average molecular weight is 888 g/mol. The maximum absolute atomic E-state index is 6.30. The van der Waals surface area contributed by atoms with Crippen LogP contribution in [0.5, 0.6) is 23.0 Å². The second-order valence-corrected chi connectivity index (χ2v) is 17.6. The second-order valence-electron chi connectivity index (χ2n) is 16.8. The number of alkyl halides is 2. The normalized spacial score (nSPS) is 17.1. The SMILES string of the molecule is ClCCN1CCCN(CCCCCCCCCCN2CCCN(CCCl)Cc3ccccc3OCCOc3ccccc3C2)Cc2ccccc2OCCOc2ccccc2C1. The quantitative estimate of drug-likeness (QED) is 0.0864. The number of hydrogen-bond acceptors (Lipinski definition) is 8. The van der Waals surface area contributed by atoms with E-state index in [1.165, 1.54) is 73.6 Å². The number of hydrogen-bond donors (Lipinski definition) is 0. The van der Waals surface area contributed by atoms with Crippen molar-refractivity contribution in [2.75, 3.05) is 90.5 Å². The highest BCUT2D eigenvalue weighted by molar-refractivity contribution is 6.18. The van der Waals surface area contributed by atoms with Gasteiger partial charge in [0.1, 0.15) is 49.4 Å². The first-order valence-electron chi connectivity index (χ1n) is 23.5. The molecule has 10 heteroatoms. The van der Waals surface area contributed by atoms with E-state index in [-0.39, 0.29) is 0 Å². The van der Waals surface area contributed by atoms with E-state index in [0.29, 0.717) is 38.2 Å². The van der Waals surface area contributed by atoms with Crippen LogP contribution in [0.15, 0.2) is 97.1 Å². The zero-order valence-corrected chi connectivity index (χ0v) is 38.7. The molecule has 2 aliphatic rings. The topological polar surface area (TPSA) is 49.9 Å². The van der Waals surface area contributed by atoms with Gasteiger partial charge in [-0.05, 0) is 89.2 Å². The van der Waals surface area contributed by atoms with Crippen LogP contribution in [-0.2, 0) is 26.2 Å². The van der Waals surface area contributed by atoms with Gasteiger partial charge < -0.3 is 18.9 Å². The molecule has 0 aliphatic carbocycles. The van der Waals surface area contributed by atoms with E-state index in [4.69, 9.17) is 42.1 Å². The molecule has 0 amide bonds. The summed E-state index contributed by atoms with van der Waals surface area (Å²) in [4.78, 5) is 10.2. The molecule has 0 saturated heterocycles. The first-order valence-corrected chi connectivity index (χ1v) is 24.6. The Bertz CT molecular complexity index is 1700. The molecule has 4 aromatic carbocycles. The molecule has 62 heavy (non-hydrogen) atoms. The molecule has 0 spiro atoms. The molecule has 0 radical (unpaired) electrons. The molecule has 0 fully saturated rings. The Labute approximate surface area is 383 Å². The summed E-state index contributed by atoms with van der Waals surface area (Å²) in [5.41, 5.74) is 4.91. The van der Waals surface area contributed by atoms with Crippen LogP contribution in [0, 0.1) is 0 Å². The number of benzene rings is 4. The molecule has 0 N–H and O–H groups in total. The highest BCUT2D eigenvalue weighted by Gasteiger charge is 2.17. The van der Waals surface area contributed by atoms with E-state index in [2.05, 4.69) is 105 Å². The van der Waals surface area contributed by atoms with E-state index >= 15 is 0 Å². The first-order chi connectivity index (χ1) is 30.7. The van der Waals surface area contributed by atoms with Crippen molar-refractivity contribution in [2.45, 2.75) is 90.4 Å². The van der Waals surface area contributed by atoms with Crippen molar-refractivity contribution in [3.05, 3.63) is 119 Å². The third-order valence-electron chi connectivity index (χ3n) is 12.1. The fraction of sp³-hybridized carbons (Fsp3) is 0.538. The average Bonchev–Trinajstić information content (AvgIpc) is 3.29. The molecule has 0 saturated carbocycles. The van der Waals surface area contributed by atoms with Gasteiger partial charge in [-0.2, -0.15) is 0 Å². The van der Waals surface area contributed by atoms with Gasteiger partial charge >= 0.3 is 0 Å². The summed E-state index contributed by atoms with van der Waals surface area (Å²) in [5.74, 6) is 5.05. The predicted molar refractivity (Wildman–Crippen MR) is 256 cm³/mol. The van der Waals surface area contributed by atoms with Crippen LogP contribution in [0.4, 0.5) is 0 Å². The lowest BCUT2D eigenvalue weighted by atomic mass is 10.1. The van der Waals surface area contributed by atoms with Crippen molar-refractivity contribution in [1.82, 2.24) is 19.6 Å². The molecule has 0 atom stereocenters. The molecular weight excluding hydrogens is 816 g/mol. The van der Waals surface area contributed by atoms with E-state index < -0.39 is 0 Å². The van der Waals surface area contributed by atoms with Crippen LogP contribution >= 0.6 is 23.2 Å². The highest BCUT2D eigenvalue weighted by atomic mass is 35.5. The zero-order chi connectivity index (χ0) is 42.9. The van der Waals surface area contributed by atoms with Crippen LogP contribution < -0.4 is 18.9 Å². The minimum Gasteiger partial charge on any atom is -0.490 e. The standard InChI is InChI=1S/C52H72Cl2N4O4/c53-27-35-57-33-17-31-55(41-45-19-7-11-23-49(45)59-37-39-61-51-25-13-9-21-47(51)43-57)29-15-5-3-1-2-4-6-16-30-56-32-18-34-58(36-28-54)44-48-22-10-14-26-52(48)62-40-38-60-50-24-12-8-20-46(50)42-56/h7-14,19-26H,1-6,15-18,27-44H2. The van der Waals surface area contributed by atoms with Gasteiger partial charge in [0.05, 0.1) is 0 Å². The van der Waals surface area contributed by atoms with E-state index in [1.54, 1.807) is 0 Å². The number of para-hydroxylation sites is 4. The molecular formula is C52H72Cl2N4O4. The third-order valence-corrected chi connectivity index (χ3v) is 12.4. The number of nitrogens with zero attached hydrogens (tertiary/aromatic N) is 4. The summed E-state index contributed by atoms with van der Waals surface area (Å²) in [6.07, 6.45) is 12.4. The highest BCUT2D eigenvalue weighted by Crippen LogP contribution is 2.26. The summed E-state index contributed by atoms with van der Waals surface area (Å²) in [7, 11) is 0. The summed E-state index contributed by atoms with van der Waals surface area (Å²) in [6.45, 7) is 13.6. The zero-order valence-electron chi connectivity index (χ0n) is 37.2. The van der Waals surface area contributed by atoms with Gasteiger partial charge in [0.2, 0.25) is 0 Å². The molecule has 6 rings (SSSR count). The molecule has 2 heterocycles. The summed E-state index contributed by atoms with van der Waals surface area (Å²) in [6, 6.07) is 33.8. The molecule has 0 aromatic heterocycles. The lowest BCUT2D eigenvalue weighted by Crippen LogP contribution is -2.31. The predicted octanol–water partition coefficient (Wildman–Crippen LogP) is 10.9. The molecule has 2 aliphatic heterocycles. The Morgan fingerprint density at radius 3 is 0.887 bits per heavy atom. The van der Waals surface area contributed by atoms with Crippen molar-refractivity contribution in [3.8, 4) is 23.0 Å². The van der Waals surface area contributed by atoms with E-state index in [9.17, 15) is 0 Å². The number of rotatable bonds is 15. The summed E-state index contributed by atoms with van der Waals surface area (Å²) in [5, 5.41) is 0. The molecule has 8 nitrogen and oxygen atoms in total. The minimum absolute atomic E-state index is 0.510. The van der Waals surface area contributed by atoms with Gasteiger partial charge in [-0.3, -0.25) is 19.6 Å². The van der Waals surface area contributed by atoms with Gasteiger partial charge in [0.15, 0.2) is 0 Å². The lowest BCUT2D eigenvalue weighted by Gasteiger charge is -2.26. The maximum Gasteiger partial charge on any atom is 0.123 e. The van der Waals surface area contributed by atoms with Gasteiger partial charge in [0, 0.05) is 73.3 Å². The Morgan fingerprint density at radius 2 is 0.597 bits per heavy atom. The van der Waals surface area contributed by atoms with Crippen molar-refractivity contribution in [1.29, 1.82) is 0 Å². The fourth-order valence-electron chi connectivity index (χ4n) is 8.76. The molecule has 338 valence electrons. The maximum atomic E-state index is 6.30. The van der Waals surface area contributed by atoms with Crippen molar-refractivity contribution in [3.63, 3.8) is 0 Å². The molecule has 0 bridgehead atoms. The van der Waals surface area contributed by atoms with Gasteiger partial charge in [-0.25, -0.2) is 0 Å². The number of unbranched alkanes of at least 4 members (excludes halogenated alkanes) is 7. The van der Waals surface area contributed by atoms with E-state index in [0.717, 1.165) is 114 Å². The third kappa shape index (κ3) is 16.9. The van der Waals surface area contributed by atoms with E-state index in [1.807, 2.05) is 12.1 Å². The van der Waals surface area contributed by atoms with Gasteiger partial charge in [-0.15, -0.1) is 23.2 Å². The minimum atomic E-state index is 0.510. The summed E-state index contributed by atoms with van der Waals surface area (Å²) >= 11 is 12.6. The monoisotopic (exact) mass is 886 g/mol. The molecule has 4 aromatic rings. The van der Waals surface area contributed by atoms with Crippen LogP contribution in [0.3, 0.4) is 0 Å². The van der Waals surface area contributed by atoms with Crippen molar-refractivity contribution in [2.24, 2.45) is 0 Å². The Balaban J connectivity index is 0.938. The second kappa shape index (κ2) is 28.3. The Hall–Kier alpha value is -3.50. The Morgan fingerprint density at radius 1 is 0.339 bits per heavy atom. The Kier molecular flexibility index (Phi) is 21.9. The van der Waals surface area contributed by atoms with Crippen LogP contribution in [-0.4, -0.2) is 110 Å². The van der Waals surface area contributed by atoms with Crippen LogP contribution in [0.2, 0.25) is 0 Å². The molecule has 0 unspecified atom stereocenters. The van der Waals surface area contributed by atoms with Crippen LogP contribution in [0.25, 0.3) is 0 Å². The fourth-order valence-corrected chi connectivity index (χ4v) is 9.24.